The van der Waals surface area contributed by atoms with Crippen molar-refractivity contribution in [3.63, 3.8) is 0 Å². The number of hydrogen-bond acceptors (Lipinski definition) is 4. The highest BCUT2D eigenvalue weighted by Crippen LogP contribution is 2.26. The second-order valence-corrected chi connectivity index (χ2v) is 6.99. The Kier molecular flexibility index (Phi) is 6.11. The van der Waals surface area contributed by atoms with E-state index >= 15 is 0 Å². The molecule has 0 radical (unpaired) electrons. The monoisotopic (exact) mass is 372 g/mol. The molecule has 2 atom stereocenters. The molecule has 3 N–H and O–H groups in total. The molecule has 2 aliphatic rings. The predicted octanol–water partition coefficient (Wildman–Crippen LogP) is 2.44. The van der Waals surface area contributed by atoms with Gasteiger partial charge in [-0.1, -0.05) is 12.2 Å². The number of carboxylic acid groups (broad SMARTS) is 1. The molecule has 0 bridgehead atoms. The van der Waals surface area contributed by atoms with Crippen molar-refractivity contribution < 1.29 is 24.2 Å². The lowest BCUT2D eigenvalue weighted by Gasteiger charge is -2.24. The summed E-state index contributed by atoms with van der Waals surface area (Å²) in [7, 11) is 0. The maximum Gasteiger partial charge on any atom is 0.307 e. The minimum atomic E-state index is -1.01. The molecule has 144 valence electrons. The molecule has 0 unspecified atom stereocenters. The first-order valence-electron chi connectivity index (χ1n) is 9.29. The van der Waals surface area contributed by atoms with Crippen LogP contribution in [-0.2, 0) is 9.59 Å². The van der Waals surface area contributed by atoms with Crippen LogP contribution < -0.4 is 15.6 Å². The summed E-state index contributed by atoms with van der Waals surface area (Å²) in [4.78, 5) is 35.7. The maximum atomic E-state index is 12.3. The van der Waals surface area contributed by atoms with Gasteiger partial charge in [0.2, 0.25) is 5.91 Å². The fraction of sp³-hybridized carbons (Fsp3) is 0.450. The molecular formula is C20H24N2O5. The number of amides is 2. The Morgan fingerprint density at radius 1 is 0.926 bits per heavy atom. The minimum absolute atomic E-state index is 0.246. The largest absolute Gasteiger partial charge is 0.490 e. The molecule has 0 aromatic heterocycles. The highest BCUT2D eigenvalue weighted by molar-refractivity contribution is 5.96. The lowest BCUT2D eigenvalue weighted by Crippen LogP contribution is -2.47. The van der Waals surface area contributed by atoms with Crippen LogP contribution in [0.2, 0.25) is 0 Å². The highest BCUT2D eigenvalue weighted by atomic mass is 16.5. The molecule has 7 nitrogen and oxygen atoms in total. The van der Waals surface area contributed by atoms with E-state index in [1.807, 2.05) is 0 Å². The Morgan fingerprint density at radius 2 is 1.56 bits per heavy atom. The van der Waals surface area contributed by atoms with Crippen LogP contribution in [-0.4, -0.2) is 29.0 Å². The average Bonchev–Trinajstić information content (AvgIpc) is 3.19. The number of carbonyl (C=O) groups is 3. The van der Waals surface area contributed by atoms with Crippen molar-refractivity contribution in [2.75, 3.05) is 0 Å². The van der Waals surface area contributed by atoms with E-state index in [1.165, 1.54) is 12.8 Å². The summed E-state index contributed by atoms with van der Waals surface area (Å²) in [5.41, 5.74) is 5.08. The van der Waals surface area contributed by atoms with E-state index in [9.17, 15) is 19.5 Å². The van der Waals surface area contributed by atoms with Crippen LogP contribution in [0, 0.1) is 11.8 Å². The first kappa shape index (κ1) is 18.9. The van der Waals surface area contributed by atoms with Gasteiger partial charge in [-0.05, 0) is 62.8 Å². The van der Waals surface area contributed by atoms with Gasteiger partial charge in [0.25, 0.3) is 5.91 Å². The van der Waals surface area contributed by atoms with Crippen LogP contribution in [0.3, 0.4) is 0 Å². The first-order chi connectivity index (χ1) is 13.0. The van der Waals surface area contributed by atoms with Crippen LogP contribution in [0.15, 0.2) is 36.4 Å². The van der Waals surface area contributed by atoms with Crippen LogP contribution >= 0.6 is 0 Å². The van der Waals surface area contributed by atoms with E-state index in [0.717, 1.165) is 18.6 Å². The molecule has 1 aromatic rings. The Morgan fingerprint density at radius 3 is 2.19 bits per heavy atom. The predicted molar refractivity (Wildman–Crippen MR) is 97.9 cm³/mol. The van der Waals surface area contributed by atoms with Gasteiger partial charge in [-0.15, -0.1) is 0 Å². The zero-order chi connectivity index (χ0) is 19.2. The molecular weight excluding hydrogens is 348 g/mol. The average molecular weight is 372 g/mol. The molecule has 0 saturated heterocycles. The van der Waals surface area contributed by atoms with Crippen molar-refractivity contribution in [1.29, 1.82) is 0 Å². The van der Waals surface area contributed by atoms with Crippen molar-refractivity contribution in [3.05, 3.63) is 42.0 Å². The van der Waals surface area contributed by atoms with Gasteiger partial charge in [-0.2, -0.15) is 0 Å². The van der Waals surface area contributed by atoms with E-state index in [2.05, 4.69) is 10.9 Å². The molecule has 1 fully saturated rings. The minimum Gasteiger partial charge on any atom is -0.490 e. The Labute approximate surface area is 157 Å². The van der Waals surface area contributed by atoms with Crippen LogP contribution in [0.4, 0.5) is 0 Å². The summed E-state index contributed by atoms with van der Waals surface area (Å²) >= 11 is 0. The quantitative estimate of drug-likeness (QED) is 0.544. The fourth-order valence-corrected chi connectivity index (χ4v) is 3.54. The lowest BCUT2D eigenvalue weighted by atomic mass is 9.82. The number of allylic oxidation sites excluding steroid dienone is 2. The Balaban J connectivity index is 1.51. The summed E-state index contributed by atoms with van der Waals surface area (Å²) in [6.07, 6.45) is 8.93. The molecule has 1 saturated carbocycles. The number of ether oxygens (including phenoxy) is 1. The summed E-state index contributed by atoms with van der Waals surface area (Å²) in [6, 6.07) is 6.74. The highest BCUT2D eigenvalue weighted by Gasteiger charge is 2.34. The van der Waals surface area contributed by atoms with Gasteiger partial charge in [-0.3, -0.25) is 25.2 Å². The second-order valence-electron chi connectivity index (χ2n) is 6.99. The molecule has 0 spiro atoms. The number of hydrogen-bond donors (Lipinski definition) is 3. The molecule has 27 heavy (non-hydrogen) atoms. The van der Waals surface area contributed by atoms with E-state index in [0.29, 0.717) is 18.4 Å². The molecule has 7 heteroatoms. The molecule has 2 amide bonds. The molecule has 1 aromatic carbocycles. The third kappa shape index (κ3) is 4.87. The first-order valence-corrected chi connectivity index (χ1v) is 9.29. The topological polar surface area (TPSA) is 105 Å². The summed E-state index contributed by atoms with van der Waals surface area (Å²) in [5.74, 6) is -2.73. The summed E-state index contributed by atoms with van der Waals surface area (Å²) in [6.45, 7) is 0. The van der Waals surface area contributed by atoms with Crippen molar-refractivity contribution in [1.82, 2.24) is 10.9 Å². The van der Waals surface area contributed by atoms with Gasteiger partial charge in [-0.25, -0.2) is 0 Å². The Hall–Kier alpha value is -2.83. The summed E-state index contributed by atoms with van der Waals surface area (Å²) in [5, 5.41) is 9.23. The summed E-state index contributed by atoms with van der Waals surface area (Å²) < 4.78 is 5.86. The third-order valence-electron chi connectivity index (χ3n) is 5.11. The Bertz CT molecular complexity index is 722. The van der Waals surface area contributed by atoms with Crippen LogP contribution in [0.25, 0.3) is 0 Å². The van der Waals surface area contributed by atoms with E-state index in [1.54, 1.807) is 36.4 Å². The number of aliphatic carboxylic acids is 1. The van der Waals surface area contributed by atoms with Crippen LogP contribution in [0.1, 0.15) is 48.9 Å². The van der Waals surface area contributed by atoms with E-state index in [-0.39, 0.29) is 6.10 Å². The second kappa shape index (κ2) is 8.70. The van der Waals surface area contributed by atoms with Gasteiger partial charge in [0.05, 0.1) is 17.9 Å². The van der Waals surface area contributed by atoms with E-state index < -0.39 is 29.6 Å². The zero-order valence-electron chi connectivity index (χ0n) is 15.0. The maximum absolute atomic E-state index is 12.3. The standard InChI is InChI=1S/C20H24N2O5/c23-18(13-9-11-15(12-10-13)27-14-5-1-2-6-14)21-22-19(24)16-7-3-4-8-17(16)20(25)26/h3-4,9-12,14,16-17H,1-2,5-8H2,(H,21,23)(H,22,24)(H,25,26)/t16-,17-/m1/s1. The number of carbonyl (C=O) groups excluding carboxylic acids is 2. The van der Waals surface area contributed by atoms with Gasteiger partial charge in [0.15, 0.2) is 0 Å². The van der Waals surface area contributed by atoms with Gasteiger partial charge in [0, 0.05) is 5.56 Å². The molecule has 0 heterocycles. The van der Waals surface area contributed by atoms with Gasteiger partial charge >= 0.3 is 5.97 Å². The number of carboxylic acids is 1. The van der Waals surface area contributed by atoms with Crippen molar-refractivity contribution in [3.8, 4) is 5.75 Å². The normalized spacial score (nSPS) is 22.2. The van der Waals surface area contributed by atoms with E-state index in [4.69, 9.17) is 4.74 Å². The number of nitrogens with one attached hydrogen (secondary N) is 2. The van der Waals surface area contributed by atoms with Crippen molar-refractivity contribution >= 4 is 17.8 Å². The van der Waals surface area contributed by atoms with Crippen molar-refractivity contribution in [2.45, 2.75) is 44.6 Å². The zero-order valence-corrected chi connectivity index (χ0v) is 15.0. The SMILES string of the molecule is O=C(NNC(=O)[C@@H]1CC=CC[C@H]1C(=O)O)c1ccc(OC2CCCC2)cc1. The number of rotatable bonds is 5. The number of hydrazine groups is 1. The molecule has 2 aliphatic carbocycles. The molecule has 0 aliphatic heterocycles. The smallest absolute Gasteiger partial charge is 0.307 e. The third-order valence-corrected chi connectivity index (χ3v) is 5.11. The van der Waals surface area contributed by atoms with Gasteiger partial charge in [0.1, 0.15) is 5.75 Å². The fourth-order valence-electron chi connectivity index (χ4n) is 3.54. The number of benzene rings is 1. The molecule has 3 rings (SSSR count). The lowest BCUT2D eigenvalue weighted by molar-refractivity contribution is -0.147. The van der Waals surface area contributed by atoms with Gasteiger partial charge < -0.3 is 9.84 Å². The van der Waals surface area contributed by atoms with Crippen molar-refractivity contribution in [2.24, 2.45) is 11.8 Å². The van der Waals surface area contributed by atoms with Crippen LogP contribution in [0.5, 0.6) is 5.75 Å².